The lowest BCUT2D eigenvalue weighted by Crippen LogP contribution is -2.15. The zero-order valence-corrected chi connectivity index (χ0v) is 35.4. The maximum atomic E-state index is 6.29. The van der Waals surface area contributed by atoms with Crippen LogP contribution in [-0.2, 0) is 10.8 Å². The first-order chi connectivity index (χ1) is 30.3. The molecule has 0 saturated carbocycles. The fourth-order valence-electron chi connectivity index (χ4n) is 10.8. The van der Waals surface area contributed by atoms with Gasteiger partial charge in [0, 0.05) is 38.4 Å². The van der Waals surface area contributed by atoms with E-state index in [1.165, 1.54) is 66.8 Å². The van der Waals surface area contributed by atoms with E-state index in [-0.39, 0.29) is 10.8 Å². The molecule has 2 aliphatic carbocycles. The van der Waals surface area contributed by atoms with Crippen LogP contribution >= 0.6 is 0 Å². The molecular formula is C60H45NO. The van der Waals surface area contributed by atoms with E-state index in [0.717, 1.165) is 50.1 Å². The van der Waals surface area contributed by atoms with Crippen molar-refractivity contribution < 1.29 is 4.42 Å². The van der Waals surface area contributed by atoms with Crippen LogP contribution in [-0.4, -0.2) is 0 Å². The molecule has 0 fully saturated rings. The van der Waals surface area contributed by atoms with Gasteiger partial charge in [-0.3, -0.25) is 0 Å². The normalized spacial score (nSPS) is 14.1. The van der Waals surface area contributed by atoms with Crippen LogP contribution in [0.15, 0.2) is 205 Å². The molecule has 0 unspecified atom stereocenters. The molecule has 10 aromatic rings. The van der Waals surface area contributed by atoms with Crippen LogP contribution in [0.2, 0.25) is 0 Å². The summed E-state index contributed by atoms with van der Waals surface area (Å²) in [6, 6.07) is 73.7. The summed E-state index contributed by atoms with van der Waals surface area (Å²) < 4.78 is 6.29. The van der Waals surface area contributed by atoms with Gasteiger partial charge in [0.2, 0.25) is 0 Å². The van der Waals surface area contributed by atoms with E-state index in [1.54, 1.807) is 0 Å². The molecule has 9 aromatic carbocycles. The average molecular weight is 796 g/mol. The molecule has 0 saturated heterocycles. The van der Waals surface area contributed by atoms with Gasteiger partial charge in [-0.15, -0.1) is 0 Å². The highest BCUT2D eigenvalue weighted by molar-refractivity contribution is 6.07. The number of fused-ring (bicyclic) bond motifs is 9. The summed E-state index contributed by atoms with van der Waals surface area (Å²) in [5.41, 5.74) is 22.9. The van der Waals surface area contributed by atoms with Gasteiger partial charge in [0.25, 0.3) is 0 Å². The van der Waals surface area contributed by atoms with Crippen LogP contribution in [0.5, 0.6) is 0 Å². The lowest BCUT2D eigenvalue weighted by molar-refractivity contribution is 0.660. The van der Waals surface area contributed by atoms with Gasteiger partial charge in [-0.25, -0.2) is 0 Å². The number of furan rings is 1. The molecule has 1 aromatic heterocycles. The maximum absolute atomic E-state index is 6.29. The minimum atomic E-state index is -0.107. The highest BCUT2D eigenvalue weighted by Crippen LogP contribution is 2.55. The van der Waals surface area contributed by atoms with Gasteiger partial charge in [0.1, 0.15) is 11.2 Å². The molecule has 0 amide bonds. The van der Waals surface area contributed by atoms with Gasteiger partial charge in [-0.05, 0) is 115 Å². The smallest absolute Gasteiger partial charge is 0.135 e. The summed E-state index contributed by atoms with van der Waals surface area (Å²) in [5, 5.41) is 2.24. The first-order valence-electron chi connectivity index (χ1n) is 21.8. The SMILES string of the molecule is CC1(C)c2ccccc2-c2ccc(-c3ccc(N(c4ccccc4-c4ccc5oc6ccccc6c5c4)c4ccccc4-c4cccc5c4-c4ccccc4C5(C)C)cc3)cc21. The molecule has 0 N–H and O–H groups in total. The third-order valence-corrected chi connectivity index (χ3v) is 13.9. The van der Waals surface area contributed by atoms with Gasteiger partial charge in [0.05, 0.1) is 11.4 Å². The molecule has 2 aliphatic rings. The Morgan fingerprint density at radius 2 is 0.871 bits per heavy atom. The average Bonchev–Trinajstić information content (AvgIpc) is 3.89. The summed E-state index contributed by atoms with van der Waals surface area (Å²) >= 11 is 0. The summed E-state index contributed by atoms with van der Waals surface area (Å²) in [5.74, 6) is 0. The van der Waals surface area contributed by atoms with Crippen LogP contribution in [0.3, 0.4) is 0 Å². The van der Waals surface area contributed by atoms with Crippen molar-refractivity contribution in [1.29, 1.82) is 0 Å². The summed E-state index contributed by atoms with van der Waals surface area (Å²) in [6.07, 6.45) is 0. The van der Waals surface area contributed by atoms with Crippen LogP contribution in [0.1, 0.15) is 49.9 Å². The monoisotopic (exact) mass is 795 g/mol. The van der Waals surface area contributed by atoms with E-state index >= 15 is 0 Å². The Kier molecular flexibility index (Phi) is 7.96. The van der Waals surface area contributed by atoms with Crippen molar-refractivity contribution in [1.82, 2.24) is 0 Å². The first kappa shape index (κ1) is 36.4. The fourth-order valence-corrected chi connectivity index (χ4v) is 10.8. The molecule has 1 heterocycles. The molecule has 0 spiro atoms. The molecule has 0 atom stereocenters. The lowest BCUT2D eigenvalue weighted by atomic mass is 9.81. The Hall–Kier alpha value is -7.42. The number of nitrogens with zero attached hydrogens (tertiary/aromatic N) is 1. The van der Waals surface area contributed by atoms with Gasteiger partial charge in [-0.1, -0.05) is 179 Å². The van der Waals surface area contributed by atoms with E-state index in [4.69, 9.17) is 4.42 Å². The summed E-state index contributed by atoms with van der Waals surface area (Å²) in [4.78, 5) is 2.47. The minimum Gasteiger partial charge on any atom is -0.456 e. The predicted molar refractivity (Wildman–Crippen MR) is 260 cm³/mol. The zero-order valence-electron chi connectivity index (χ0n) is 35.4. The van der Waals surface area contributed by atoms with Crippen molar-refractivity contribution in [3.63, 3.8) is 0 Å². The van der Waals surface area contributed by atoms with Crippen LogP contribution in [0.25, 0.3) is 77.6 Å². The minimum absolute atomic E-state index is 0.0643. The number of para-hydroxylation sites is 3. The molecule has 0 bridgehead atoms. The number of hydrogen-bond acceptors (Lipinski definition) is 2. The van der Waals surface area contributed by atoms with E-state index < -0.39 is 0 Å². The van der Waals surface area contributed by atoms with Crippen molar-refractivity contribution in [2.75, 3.05) is 4.90 Å². The Bertz CT molecular complexity index is 3420. The maximum Gasteiger partial charge on any atom is 0.135 e. The molecule has 296 valence electrons. The molecule has 0 aliphatic heterocycles. The number of rotatable bonds is 6. The van der Waals surface area contributed by atoms with Crippen molar-refractivity contribution in [3.05, 3.63) is 222 Å². The Morgan fingerprint density at radius 3 is 1.66 bits per heavy atom. The predicted octanol–water partition coefficient (Wildman–Crippen LogP) is 16.7. The largest absolute Gasteiger partial charge is 0.456 e. The van der Waals surface area contributed by atoms with Gasteiger partial charge < -0.3 is 9.32 Å². The topological polar surface area (TPSA) is 16.4 Å². The van der Waals surface area contributed by atoms with Crippen molar-refractivity contribution >= 4 is 39.0 Å². The van der Waals surface area contributed by atoms with Crippen molar-refractivity contribution in [2.24, 2.45) is 0 Å². The Balaban J connectivity index is 1.05. The van der Waals surface area contributed by atoms with Gasteiger partial charge >= 0.3 is 0 Å². The van der Waals surface area contributed by atoms with Crippen molar-refractivity contribution in [2.45, 2.75) is 38.5 Å². The molecule has 62 heavy (non-hydrogen) atoms. The summed E-state index contributed by atoms with van der Waals surface area (Å²) in [7, 11) is 0. The molecule has 0 radical (unpaired) electrons. The Labute approximate surface area is 363 Å². The van der Waals surface area contributed by atoms with E-state index in [9.17, 15) is 0 Å². The fraction of sp³-hybridized carbons (Fsp3) is 0.100. The van der Waals surface area contributed by atoms with Crippen LogP contribution < -0.4 is 4.90 Å². The van der Waals surface area contributed by atoms with Crippen LogP contribution in [0, 0.1) is 0 Å². The standard InChI is InChI=1S/C60H45NO/c1-59(2)51-23-11-6-20-48(51)58-47(21-15-24-52(58)59)45-18-8-13-26-55(45)61(54-25-12-7-16-42(54)40-31-35-57-49(36-40)46-19-9-14-27-56(46)62-57)41-32-28-38(29-33-41)39-30-34-44-43-17-5-10-22-50(43)60(3,4)53(44)37-39/h5-37H,1-4H3. The first-order valence-corrected chi connectivity index (χ1v) is 21.8. The lowest BCUT2D eigenvalue weighted by Gasteiger charge is -2.30. The second-order valence-corrected chi connectivity index (χ2v) is 18.1. The van der Waals surface area contributed by atoms with Gasteiger partial charge in [0.15, 0.2) is 0 Å². The number of hydrogen-bond donors (Lipinski definition) is 0. The van der Waals surface area contributed by atoms with Gasteiger partial charge in [-0.2, -0.15) is 0 Å². The second-order valence-electron chi connectivity index (χ2n) is 18.1. The molecule has 2 heteroatoms. The number of benzene rings is 9. The van der Waals surface area contributed by atoms with E-state index in [2.05, 4.69) is 221 Å². The highest BCUT2D eigenvalue weighted by atomic mass is 16.3. The van der Waals surface area contributed by atoms with Crippen LogP contribution in [0.4, 0.5) is 17.1 Å². The highest BCUT2D eigenvalue weighted by Gasteiger charge is 2.38. The second kappa shape index (κ2) is 13.5. The number of anilines is 3. The Morgan fingerprint density at radius 1 is 0.339 bits per heavy atom. The molecule has 2 nitrogen and oxygen atoms in total. The molecular weight excluding hydrogens is 751 g/mol. The summed E-state index contributed by atoms with van der Waals surface area (Å²) in [6.45, 7) is 9.42. The third-order valence-electron chi connectivity index (χ3n) is 13.9. The molecule has 12 rings (SSSR count). The van der Waals surface area contributed by atoms with E-state index in [0.29, 0.717) is 0 Å². The van der Waals surface area contributed by atoms with Crippen molar-refractivity contribution in [3.8, 4) is 55.6 Å². The zero-order chi connectivity index (χ0) is 41.7. The third kappa shape index (κ3) is 5.36. The quantitative estimate of drug-likeness (QED) is 0.167. The van der Waals surface area contributed by atoms with E-state index in [1.807, 2.05) is 12.1 Å².